The van der Waals surface area contributed by atoms with E-state index in [4.69, 9.17) is 37.1 Å². The van der Waals surface area contributed by atoms with Crippen LogP contribution in [0.15, 0.2) is 58.8 Å². The van der Waals surface area contributed by atoms with Gasteiger partial charge in [-0.3, -0.25) is 14.1 Å². The lowest BCUT2D eigenvalue weighted by molar-refractivity contribution is -0.153. The van der Waals surface area contributed by atoms with Crippen LogP contribution >= 0.6 is 22.9 Å². The molecule has 2 heterocycles. The number of ether oxygens (including phenoxy) is 2. The first-order valence-corrected chi connectivity index (χ1v) is 15.3. The van der Waals surface area contributed by atoms with Crippen molar-refractivity contribution in [1.82, 2.24) is 0 Å². The van der Waals surface area contributed by atoms with Gasteiger partial charge in [0.1, 0.15) is 11.9 Å². The Morgan fingerprint density at radius 1 is 1.14 bits per heavy atom. The van der Waals surface area contributed by atoms with Gasteiger partial charge in [-0.2, -0.15) is 8.42 Å². The summed E-state index contributed by atoms with van der Waals surface area (Å²) in [5, 5.41) is 1.45. The van der Waals surface area contributed by atoms with Gasteiger partial charge in [-0.05, 0) is 55.0 Å². The highest BCUT2D eigenvalue weighted by Crippen LogP contribution is 2.43. The number of nitrogens with zero attached hydrogens (tertiary/aromatic N) is 1. The number of hydrogen-bond acceptors (Lipinski definition) is 9. The SMILES string of the molecule is CC(C)CC(N)C(=O)OCO/C(=C1/C(=O)N(C(N)=O)c2cc(Cl)c(F)cc21)c1cccs1.Cc1ccc(S(=O)(=O)O)cc1. The Hall–Kier alpha value is -3.82. The molecule has 1 aromatic heterocycles. The second kappa shape index (κ2) is 14.1. The van der Waals surface area contributed by atoms with Crippen LogP contribution in [0.25, 0.3) is 11.3 Å². The number of urea groups is 1. The van der Waals surface area contributed by atoms with E-state index in [1.165, 1.54) is 23.5 Å². The number of fused-ring (bicyclic) bond motifs is 1. The topological polar surface area (TPSA) is 179 Å². The summed E-state index contributed by atoms with van der Waals surface area (Å²) in [6.07, 6.45) is 0.428. The fourth-order valence-electron chi connectivity index (χ4n) is 3.94. The highest BCUT2D eigenvalue weighted by atomic mass is 35.5. The van der Waals surface area contributed by atoms with Crippen LogP contribution < -0.4 is 16.4 Å². The molecule has 0 saturated carbocycles. The van der Waals surface area contributed by atoms with Gasteiger partial charge < -0.3 is 20.9 Å². The third-order valence-electron chi connectivity index (χ3n) is 5.91. The molecule has 3 amide bonds. The maximum Gasteiger partial charge on any atom is 0.326 e. The summed E-state index contributed by atoms with van der Waals surface area (Å²) < 4.78 is 54.6. The zero-order valence-electron chi connectivity index (χ0n) is 23.2. The first-order chi connectivity index (χ1) is 20.1. The molecule has 3 aromatic rings. The molecule has 5 N–H and O–H groups in total. The van der Waals surface area contributed by atoms with Crippen molar-refractivity contribution in [2.24, 2.45) is 17.4 Å². The molecule has 15 heteroatoms. The van der Waals surface area contributed by atoms with E-state index in [9.17, 15) is 27.2 Å². The fourth-order valence-corrected chi connectivity index (χ4v) is 5.31. The molecule has 4 rings (SSSR count). The van der Waals surface area contributed by atoms with Crippen molar-refractivity contribution in [2.75, 3.05) is 11.7 Å². The smallest absolute Gasteiger partial charge is 0.326 e. The van der Waals surface area contributed by atoms with Crippen LogP contribution in [0.1, 0.15) is 36.3 Å². The molecule has 0 saturated heterocycles. The van der Waals surface area contributed by atoms with Crippen molar-refractivity contribution in [3.05, 3.63) is 80.8 Å². The van der Waals surface area contributed by atoms with Crippen LogP contribution in [-0.4, -0.2) is 43.7 Å². The van der Waals surface area contributed by atoms with Gasteiger partial charge in [-0.1, -0.05) is 49.2 Å². The van der Waals surface area contributed by atoms with Crippen molar-refractivity contribution in [3.63, 3.8) is 0 Å². The quantitative estimate of drug-likeness (QED) is 0.0995. The van der Waals surface area contributed by atoms with Gasteiger partial charge in [0.05, 0.1) is 26.1 Å². The van der Waals surface area contributed by atoms with E-state index in [1.54, 1.807) is 29.6 Å². The van der Waals surface area contributed by atoms with E-state index >= 15 is 0 Å². The number of rotatable bonds is 8. The Morgan fingerprint density at radius 3 is 2.33 bits per heavy atom. The molecule has 1 aliphatic heterocycles. The molecule has 1 aliphatic rings. The second-order valence-electron chi connectivity index (χ2n) is 9.69. The third kappa shape index (κ3) is 8.39. The van der Waals surface area contributed by atoms with Crippen LogP contribution in [-0.2, 0) is 29.2 Å². The molecule has 1 atom stereocenters. The first-order valence-electron chi connectivity index (χ1n) is 12.6. The Balaban J connectivity index is 0.000000386. The molecule has 11 nitrogen and oxygen atoms in total. The number of anilines is 1. The average molecular weight is 654 g/mol. The summed E-state index contributed by atoms with van der Waals surface area (Å²) in [5.41, 5.74) is 12.1. The maximum absolute atomic E-state index is 14.2. The highest BCUT2D eigenvalue weighted by molar-refractivity contribution is 7.85. The van der Waals surface area contributed by atoms with Gasteiger partial charge in [-0.15, -0.1) is 11.3 Å². The minimum absolute atomic E-state index is 0.00181. The van der Waals surface area contributed by atoms with E-state index in [1.807, 2.05) is 20.8 Å². The number of primary amides is 1. The number of benzene rings is 2. The number of carbonyl (C=O) groups excluding carboxylic acids is 3. The molecular weight excluding hydrogens is 625 g/mol. The second-order valence-corrected chi connectivity index (χ2v) is 12.5. The van der Waals surface area contributed by atoms with Crippen LogP contribution in [0.2, 0.25) is 5.02 Å². The van der Waals surface area contributed by atoms with Crippen LogP contribution in [0.4, 0.5) is 14.9 Å². The van der Waals surface area contributed by atoms with Crippen molar-refractivity contribution in [3.8, 4) is 0 Å². The molecule has 230 valence electrons. The molecule has 0 aliphatic carbocycles. The van der Waals surface area contributed by atoms with Gasteiger partial charge >= 0.3 is 12.0 Å². The largest absolute Gasteiger partial charge is 0.455 e. The summed E-state index contributed by atoms with van der Waals surface area (Å²) >= 11 is 7.07. The number of amides is 3. The minimum Gasteiger partial charge on any atom is -0.455 e. The average Bonchev–Trinajstić information content (AvgIpc) is 3.53. The zero-order valence-corrected chi connectivity index (χ0v) is 25.6. The highest BCUT2D eigenvalue weighted by Gasteiger charge is 2.40. The predicted octanol–water partition coefficient (Wildman–Crippen LogP) is 4.97. The predicted molar refractivity (Wildman–Crippen MR) is 160 cm³/mol. The molecule has 0 fully saturated rings. The lowest BCUT2D eigenvalue weighted by Crippen LogP contribution is -2.38. The van der Waals surface area contributed by atoms with Crippen molar-refractivity contribution in [2.45, 2.75) is 38.1 Å². The maximum atomic E-state index is 14.2. The first kappa shape index (κ1) is 33.7. The van der Waals surface area contributed by atoms with Gasteiger partial charge in [-0.25, -0.2) is 14.1 Å². The van der Waals surface area contributed by atoms with E-state index in [2.05, 4.69) is 0 Å². The zero-order chi connectivity index (χ0) is 32.1. The number of halogens is 2. The van der Waals surface area contributed by atoms with E-state index in [0.717, 1.165) is 17.7 Å². The summed E-state index contributed by atoms with van der Waals surface area (Å²) in [6.45, 7) is 5.13. The standard InChI is InChI=1S/C21H21ClFN3O5S.C7H8O3S/c1-10(2)6-14(24)20(28)31-9-30-18(16-4-3-5-32-16)17-11-7-13(23)12(22)8-15(11)26(19(17)27)21(25)29;1-6-2-4-7(5-3-6)11(8,9)10/h3-5,7-8,10,14H,6,9,24H2,1-2H3,(H2,25,29);2-5H,1H3,(H,8,9,10)/b18-17+;. The molecular formula is C28H29ClFN3O8S2. The fraction of sp³-hybridized carbons (Fsp3) is 0.250. The molecule has 1 unspecified atom stereocenters. The number of carbonyl (C=O) groups is 3. The Kier molecular flexibility index (Phi) is 11.0. The van der Waals surface area contributed by atoms with Crippen molar-refractivity contribution in [1.29, 1.82) is 0 Å². The van der Waals surface area contributed by atoms with Crippen LogP contribution in [0.3, 0.4) is 0 Å². The van der Waals surface area contributed by atoms with Gasteiger partial charge in [0, 0.05) is 5.56 Å². The van der Waals surface area contributed by atoms with Crippen molar-refractivity contribution < 1.29 is 41.2 Å². The van der Waals surface area contributed by atoms with Crippen LogP contribution in [0.5, 0.6) is 0 Å². The van der Waals surface area contributed by atoms with E-state index in [0.29, 0.717) is 16.2 Å². The number of thiophene rings is 1. The van der Waals surface area contributed by atoms with Gasteiger partial charge in [0.2, 0.25) is 6.79 Å². The van der Waals surface area contributed by atoms with E-state index < -0.39 is 46.7 Å². The summed E-state index contributed by atoms with van der Waals surface area (Å²) in [6, 6.07) is 9.63. The normalized spacial score (nSPS) is 14.5. The number of esters is 1. The number of aryl methyl sites for hydroxylation is 1. The summed E-state index contributed by atoms with van der Waals surface area (Å²) in [7, 11) is -4.02. The molecule has 0 spiro atoms. The molecule has 0 radical (unpaired) electrons. The summed E-state index contributed by atoms with van der Waals surface area (Å²) in [4.78, 5) is 38.2. The Morgan fingerprint density at radius 2 is 1.79 bits per heavy atom. The summed E-state index contributed by atoms with van der Waals surface area (Å²) in [5.74, 6) is -2.08. The monoisotopic (exact) mass is 653 g/mol. The van der Waals surface area contributed by atoms with Crippen LogP contribution in [0, 0.1) is 18.7 Å². The van der Waals surface area contributed by atoms with Gasteiger partial charge in [0.15, 0.2) is 5.76 Å². The number of nitrogens with two attached hydrogens (primary N) is 2. The molecule has 2 aromatic carbocycles. The van der Waals surface area contributed by atoms with E-state index in [-0.39, 0.29) is 38.4 Å². The number of hydrogen-bond donors (Lipinski definition) is 3. The minimum atomic E-state index is -4.02. The lowest BCUT2D eigenvalue weighted by Gasteiger charge is -2.16. The Bertz CT molecular complexity index is 1640. The third-order valence-corrected chi connectivity index (χ3v) is 7.94. The van der Waals surface area contributed by atoms with Gasteiger partial charge in [0.25, 0.3) is 16.0 Å². The molecule has 0 bridgehead atoms. The number of imide groups is 1. The Labute approximate surface area is 256 Å². The molecule has 43 heavy (non-hydrogen) atoms. The van der Waals surface area contributed by atoms with Crippen molar-refractivity contribution >= 4 is 68.0 Å². The lowest BCUT2D eigenvalue weighted by atomic mass is 10.0.